The quantitative estimate of drug-likeness (QED) is 0.752. The van der Waals surface area contributed by atoms with Gasteiger partial charge < -0.3 is 15.5 Å². The van der Waals surface area contributed by atoms with Crippen molar-refractivity contribution < 1.29 is 10.2 Å². The van der Waals surface area contributed by atoms with Crippen molar-refractivity contribution in [1.29, 1.82) is 0 Å². The summed E-state index contributed by atoms with van der Waals surface area (Å²) in [6.45, 7) is 3.13. The van der Waals surface area contributed by atoms with E-state index in [1.54, 1.807) is 6.07 Å². The lowest BCUT2D eigenvalue weighted by atomic mass is 9.72. The molecule has 2 aromatic carbocycles. The number of nitrogens with one attached hydrogen (secondary N) is 1. The molecule has 2 atom stereocenters. The fraction of sp³-hybridized carbons (Fsp3) is 0.400. The maximum atomic E-state index is 10.3. The van der Waals surface area contributed by atoms with E-state index in [2.05, 4.69) is 30.4 Å². The Hall–Kier alpha value is -2.00. The van der Waals surface area contributed by atoms with Gasteiger partial charge in [0.2, 0.25) is 0 Å². The molecule has 0 saturated heterocycles. The maximum absolute atomic E-state index is 10.3. The Labute approximate surface area is 137 Å². The first-order valence-corrected chi connectivity index (χ1v) is 8.59. The highest BCUT2D eigenvalue weighted by molar-refractivity contribution is 5.60. The van der Waals surface area contributed by atoms with Crippen molar-refractivity contribution in [2.75, 3.05) is 6.54 Å². The average Bonchev–Trinajstić information content (AvgIpc) is 2.58. The maximum Gasteiger partial charge on any atom is 0.161 e. The topological polar surface area (TPSA) is 52.5 Å². The van der Waals surface area contributed by atoms with Crippen LogP contribution < -0.4 is 5.32 Å². The highest BCUT2D eigenvalue weighted by atomic mass is 16.3. The molecule has 0 fully saturated rings. The number of aromatic hydroxyl groups is 2. The first kappa shape index (κ1) is 14.6. The number of rotatable bonds is 3. The van der Waals surface area contributed by atoms with Crippen LogP contribution in [-0.2, 0) is 6.42 Å². The lowest BCUT2D eigenvalue weighted by Crippen LogP contribution is -2.36. The van der Waals surface area contributed by atoms with Crippen molar-refractivity contribution in [1.82, 2.24) is 5.32 Å². The van der Waals surface area contributed by atoms with E-state index in [0.29, 0.717) is 12.5 Å². The Bertz CT molecular complexity index is 754. The van der Waals surface area contributed by atoms with Crippen molar-refractivity contribution >= 4 is 0 Å². The number of hydrogen-bond acceptors (Lipinski definition) is 3. The normalized spacial score (nSPS) is 21.6. The van der Waals surface area contributed by atoms with Gasteiger partial charge >= 0.3 is 0 Å². The minimum Gasteiger partial charge on any atom is -0.504 e. The van der Waals surface area contributed by atoms with E-state index in [4.69, 9.17) is 0 Å². The molecule has 0 bridgehead atoms. The molecule has 1 aliphatic carbocycles. The van der Waals surface area contributed by atoms with E-state index in [0.717, 1.165) is 17.7 Å². The molecular weight excluding hydrogens is 286 g/mol. The summed E-state index contributed by atoms with van der Waals surface area (Å²) in [6, 6.07) is 10.6. The van der Waals surface area contributed by atoms with Gasteiger partial charge in [-0.15, -0.1) is 0 Å². The van der Waals surface area contributed by atoms with E-state index in [1.807, 2.05) is 6.07 Å². The highest BCUT2D eigenvalue weighted by Gasteiger charge is 2.35. The Morgan fingerprint density at radius 2 is 2.00 bits per heavy atom. The summed E-state index contributed by atoms with van der Waals surface area (Å²) in [6.07, 6.45) is 4.33. The molecule has 120 valence electrons. The summed E-state index contributed by atoms with van der Waals surface area (Å²) >= 11 is 0. The van der Waals surface area contributed by atoms with Crippen molar-refractivity contribution in [3.8, 4) is 11.5 Å². The fourth-order valence-corrected chi connectivity index (χ4v) is 4.26. The van der Waals surface area contributed by atoms with Gasteiger partial charge in [-0.3, -0.25) is 0 Å². The lowest BCUT2D eigenvalue weighted by molar-refractivity contribution is 0.395. The van der Waals surface area contributed by atoms with Crippen LogP contribution in [0.1, 0.15) is 66.0 Å². The first-order chi connectivity index (χ1) is 11.2. The molecule has 0 aromatic heterocycles. The van der Waals surface area contributed by atoms with E-state index < -0.39 is 0 Å². The van der Waals surface area contributed by atoms with Crippen LogP contribution in [0.2, 0.25) is 0 Å². The molecule has 2 aliphatic rings. The largest absolute Gasteiger partial charge is 0.504 e. The van der Waals surface area contributed by atoms with E-state index >= 15 is 0 Å². The van der Waals surface area contributed by atoms with Crippen LogP contribution in [0.5, 0.6) is 11.5 Å². The van der Waals surface area contributed by atoms with E-state index in [1.165, 1.54) is 36.0 Å². The summed E-state index contributed by atoms with van der Waals surface area (Å²) in [7, 11) is 0. The van der Waals surface area contributed by atoms with E-state index in [-0.39, 0.29) is 17.4 Å². The molecule has 4 rings (SSSR count). The number of unbranched alkanes of at least 4 members (excludes halogenated alkanes) is 1. The molecule has 1 unspecified atom stereocenters. The van der Waals surface area contributed by atoms with Crippen molar-refractivity contribution in [3.63, 3.8) is 0 Å². The molecule has 0 radical (unpaired) electrons. The van der Waals surface area contributed by atoms with Crippen LogP contribution in [-0.4, -0.2) is 16.8 Å². The summed E-state index contributed by atoms with van der Waals surface area (Å²) in [5, 5.41) is 23.8. The fourth-order valence-electron chi connectivity index (χ4n) is 4.26. The highest BCUT2D eigenvalue weighted by Crippen LogP contribution is 2.47. The van der Waals surface area contributed by atoms with E-state index in [9.17, 15) is 10.2 Å². The molecule has 3 nitrogen and oxygen atoms in total. The van der Waals surface area contributed by atoms with Gasteiger partial charge in [-0.05, 0) is 34.7 Å². The minimum atomic E-state index is -0.0204. The number of phenols is 2. The first-order valence-electron chi connectivity index (χ1n) is 8.59. The Morgan fingerprint density at radius 3 is 2.83 bits per heavy atom. The van der Waals surface area contributed by atoms with Gasteiger partial charge in [-0.1, -0.05) is 44.0 Å². The van der Waals surface area contributed by atoms with Gasteiger partial charge in [0.15, 0.2) is 11.5 Å². The van der Waals surface area contributed by atoms with Crippen molar-refractivity contribution in [3.05, 3.63) is 58.1 Å². The second-order valence-corrected chi connectivity index (χ2v) is 6.75. The molecule has 2 aromatic rings. The van der Waals surface area contributed by atoms with Gasteiger partial charge in [-0.2, -0.15) is 0 Å². The zero-order valence-electron chi connectivity index (χ0n) is 13.5. The number of phenolic OH excluding ortho intramolecular Hbond substituents is 2. The third-order valence-electron chi connectivity index (χ3n) is 5.41. The van der Waals surface area contributed by atoms with Crippen LogP contribution >= 0.6 is 0 Å². The van der Waals surface area contributed by atoms with Gasteiger partial charge in [0.1, 0.15) is 0 Å². The molecular formula is C20H23NO2. The third-order valence-corrected chi connectivity index (χ3v) is 5.41. The van der Waals surface area contributed by atoms with Gasteiger partial charge in [0.25, 0.3) is 0 Å². The van der Waals surface area contributed by atoms with Crippen LogP contribution in [0.15, 0.2) is 30.3 Å². The predicted molar refractivity (Wildman–Crippen MR) is 91.1 cm³/mol. The molecule has 0 amide bonds. The minimum absolute atomic E-state index is 0.0204. The molecule has 3 N–H and O–H groups in total. The molecule has 23 heavy (non-hydrogen) atoms. The predicted octanol–water partition coefficient (Wildman–Crippen LogP) is 3.97. The van der Waals surface area contributed by atoms with Crippen LogP contribution in [0.25, 0.3) is 0 Å². The SMILES string of the molecule is CCCCC1NC[C@H]2c3ccc(O)c(O)c3Cc3cccc1c32. The molecule has 1 heterocycles. The Balaban J connectivity index is 1.82. The number of benzene rings is 2. The molecule has 3 heteroatoms. The lowest BCUT2D eigenvalue weighted by Gasteiger charge is -2.38. The summed E-state index contributed by atoms with van der Waals surface area (Å²) in [5.74, 6) is 0.300. The smallest absolute Gasteiger partial charge is 0.161 e. The van der Waals surface area contributed by atoms with Crippen molar-refractivity contribution in [2.24, 2.45) is 0 Å². The zero-order chi connectivity index (χ0) is 16.0. The zero-order valence-corrected chi connectivity index (χ0v) is 13.5. The van der Waals surface area contributed by atoms with Gasteiger partial charge in [0.05, 0.1) is 0 Å². The third kappa shape index (κ3) is 2.22. The number of fused-ring (bicyclic) bond motifs is 2. The van der Waals surface area contributed by atoms with Gasteiger partial charge in [-0.25, -0.2) is 0 Å². The monoisotopic (exact) mass is 309 g/mol. The molecule has 0 spiro atoms. The van der Waals surface area contributed by atoms with Crippen LogP contribution in [0.4, 0.5) is 0 Å². The van der Waals surface area contributed by atoms with Crippen LogP contribution in [0, 0.1) is 0 Å². The van der Waals surface area contributed by atoms with Crippen LogP contribution in [0.3, 0.4) is 0 Å². The molecule has 1 aliphatic heterocycles. The average molecular weight is 309 g/mol. The van der Waals surface area contributed by atoms with Gasteiger partial charge in [0, 0.05) is 30.5 Å². The summed E-state index contributed by atoms with van der Waals surface area (Å²) in [5.41, 5.74) is 6.20. The number of hydrogen-bond donors (Lipinski definition) is 3. The Kier molecular flexibility index (Phi) is 3.53. The summed E-state index contributed by atoms with van der Waals surface area (Å²) < 4.78 is 0. The summed E-state index contributed by atoms with van der Waals surface area (Å²) in [4.78, 5) is 0. The standard InChI is InChI=1S/C20H23NO2/c1-2-3-7-17-14-6-4-5-12-10-15-13(8-9-18(22)20(15)23)16(11-21-17)19(12)14/h4-6,8-9,16-17,21-23H,2-3,7,10-11H2,1H3/t16-,17?/m0/s1. The van der Waals surface area contributed by atoms with Crippen molar-refractivity contribution in [2.45, 2.75) is 44.6 Å². The molecule has 0 saturated carbocycles. The second kappa shape index (κ2) is 5.57. The second-order valence-electron chi connectivity index (χ2n) is 6.75. The Morgan fingerprint density at radius 1 is 1.13 bits per heavy atom.